The van der Waals surface area contributed by atoms with Gasteiger partial charge < -0.3 is 9.47 Å². The number of methoxy groups -OCH3 is 1. The van der Waals surface area contributed by atoms with E-state index in [1.807, 2.05) is 54.7 Å². The fourth-order valence-corrected chi connectivity index (χ4v) is 5.12. The molecular formula is C33H27FN4O4. The highest BCUT2D eigenvalue weighted by Crippen LogP contribution is 2.35. The summed E-state index contributed by atoms with van der Waals surface area (Å²) in [4.78, 5) is 26.5. The van der Waals surface area contributed by atoms with E-state index < -0.39 is 11.4 Å². The molecule has 42 heavy (non-hydrogen) atoms. The molecule has 0 spiro atoms. The van der Waals surface area contributed by atoms with Gasteiger partial charge in [-0.1, -0.05) is 36.4 Å². The maximum absolute atomic E-state index is 15.3. The zero-order chi connectivity index (χ0) is 29.4. The van der Waals surface area contributed by atoms with E-state index in [0.717, 1.165) is 16.9 Å². The lowest BCUT2D eigenvalue weighted by Gasteiger charge is -2.11. The van der Waals surface area contributed by atoms with Crippen molar-refractivity contribution < 1.29 is 18.7 Å². The normalized spacial score (nSPS) is 11.1. The van der Waals surface area contributed by atoms with E-state index in [-0.39, 0.29) is 23.5 Å². The molecule has 0 saturated carbocycles. The minimum atomic E-state index is -0.626. The van der Waals surface area contributed by atoms with Gasteiger partial charge in [-0.25, -0.2) is 13.6 Å². The summed E-state index contributed by atoms with van der Waals surface area (Å²) in [6, 6.07) is 24.7. The molecule has 6 aromatic rings. The molecule has 0 saturated heterocycles. The third-order valence-corrected chi connectivity index (χ3v) is 7.33. The molecule has 0 aliphatic heterocycles. The Kier molecular flexibility index (Phi) is 6.92. The van der Waals surface area contributed by atoms with E-state index in [9.17, 15) is 9.59 Å². The van der Waals surface area contributed by atoms with Crippen LogP contribution >= 0.6 is 0 Å². The lowest BCUT2D eigenvalue weighted by Crippen LogP contribution is -2.23. The van der Waals surface area contributed by atoms with Gasteiger partial charge in [0.05, 0.1) is 19.0 Å². The highest BCUT2D eigenvalue weighted by Gasteiger charge is 2.23. The van der Waals surface area contributed by atoms with Crippen molar-refractivity contribution in [3.8, 4) is 34.1 Å². The van der Waals surface area contributed by atoms with Crippen molar-refractivity contribution in [1.29, 1.82) is 0 Å². The number of ether oxygens (including phenoxy) is 2. The molecule has 210 valence electrons. The number of hydrogen-bond acceptors (Lipinski definition) is 5. The highest BCUT2D eigenvalue weighted by molar-refractivity contribution is 5.98. The van der Waals surface area contributed by atoms with Gasteiger partial charge in [0.1, 0.15) is 16.8 Å². The number of halogens is 1. The highest BCUT2D eigenvalue weighted by atomic mass is 19.1. The molecule has 0 amide bonds. The Labute approximate surface area is 240 Å². The van der Waals surface area contributed by atoms with Crippen LogP contribution in [0.4, 0.5) is 4.39 Å². The van der Waals surface area contributed by atoms with Gasteiger partial charge in [0.25, 0.3) is 5.56 Å². The smallest absolute Gasteiger partial charge is 0.282 e. The third-order valence-electron chi connectivity index (χ3n) is 7.33. The number of nitrogens with zero attached hydrogens (tertiary/aromatic N) is 4. The van der Waals surface area contributed by atoms with Gasteiger partial charge in [-0.15, -0.1) is 0 Å². The summed E-state index contributed by atoms with van der Waals surface area (Å²) >= 11 is 0. The van der Waals surface area contributed by atoms with Crippen molar-refractivity contribution in [2.75, 3.05) is 7.11 Å². The van der Waals surface area contributed by atoms with Crippen LogP contribution in [0.15, 0.2) is 102 Å². The van der Waals surface area contributed by atoms with Crippen LogP contribution in [0.5, 0.6) is 17.2 Å². The molecule has 0 aliphatic rings. The molecule has 3 aromatic carbocycles. The standard InChI is InChI=1S/C33H27FN4O4/c1-21-31(33(40)38(36(21)2)24-7-5-4-6-8-24)28(39)20-22-9-14-29(27(34)19-22)42-30-15-17-35-37-18-16-26(32(30)37)23-10-12-25(41-3)13-11-23/h4-19H,20H2,1-3H3. The molecule has 8 nitrogen and oxygen atoms in total. The van der Waals surface area contributed by atoms with Crippen molar-refractivity contribution in [3.63, 3.8) is 0 Å². The van der Waals surface area contributed by atoms with Gasteiger partial charge in [-0.2, -0.15) is 5.10 Å². The van der Waals surface area contributed by atoms with E-state index in [1.165, 1.54) is 16.8 Å². The summed E-state index contributed by atoms with van der Waals surface area (Å²) in [6.45, 7) is 1.73. The summed E-state index contributed by atoms with van der Waals surface area (Å²) in [7, 11) is 3.34. The largest absolute Gasteiger partial charge is 0.497 e. The van der Waals surface area contributed by atoms with Crippen LogP contribution in [0.25, 0.3) is 22.3 Å². The van der Waals surface area contributed by atoms with Crippen LogP contribution in [0.2, 0.25) is 0 Å². The third kappa shape index (κ3) is 4.75. The number of fused-ring (bicyclic) bond motifs is 1. The molecule has 0 aliphatic carbocycles. The Hall–Kier alpha value is -5.44. The minimum Gasteiger partial charge on any atom is -0.497 e. The van der Waals surface area contributed by atoms with Gasteiger partial charge in [-0.05, 0) is 60.5 Å². The molecule has 9 heteroatoms. The molecule has 0 atom stereocenters. The summed E-state index contributed by atoms with van der Waals surface area (Å²) in [6.07, 6.45) is 3.26. The zero-order valence-corrected chi connectivity index (χ0v) is 23.2. The van der Waals surface area contributed by atoms with Gasteiger partial charge in [-0.3, -0.25) is 14.3 Å². The van der Waals surface area contributed by atoms with Crippen LogP contribution in [0.1, 0.15) is 21.6 Å². The number of ketones is 1. The SMILES string of the molecule is COc1ccc(-c2ccn3nccc(Oc4ccc(CC(=O)c5c(C)n(C)n(-c6ccccc6)c5=O)cc4F)c23)cc1. The Morgan fingerprint density at radius 3 is 2.43 bits per heavy atom. The van der Waals surface area contributed by atoms with Crippen LogP contribution in [-0.2, 0) is 13.5 Å². The van der Waals surface area contributed by atoms with Crippen LogP contribution in [0.3, 0.4) is 0 Å². The number of Topliss-reactive ketones (excluding diaryl/α,β-unsaturated/α-hetero) is 1. The van der Waals surface area contributed by atoms with Crippen molar-refractivity contribution >= 4 is 11.3 Å². The Balaban J connectivity index is 1.27. The van der Waals surface area contributed by atoms with Gasteiger partial charge >= 0.3 is 0 Å². The number of carbonyl (C=O) groups is 1. The molecule has 0 N–H and O–H groups in total. The second-order valence-electron chi connectivity index (χ2n) is 9.85. The molecule has 0 unspecified atom stereocenters. The van der Waals surface area contributed by atoms with Crippen LogP contribution in [0, 0.1) is 12.7 Å². The van der Waals surface area contributed by atoms with Crippen LogP contribution < -0.4 is 15.0 Å². The van der Waals surface area contributed by atoms with Gasteiger partial charge in [0.2, 0.25) is 0 Å². The van der Waals surface area contributed by atoms with E-state index in [2.05, 4.69) is 5.10 Å². The predicted molar refractivity (Wildman–Crippen MR) is 157 cm³/mol. The fraction of sp³-hybridized carbons (Fsp3) is 0.121. The average molecular weight is 563 g/mol. The maximum atomic E-state index is 15.3. The molecule has 6 rings (SSSR count). The topological polar surface area (TPSA) is 79.8 Å². The summed E-state index contributed by atoms with van der Waals surface area (Å²) in [5.41, 5.74) is 3.76. The summed E-state index contributed by atoms with van der Waals surface area (Å²) in [5, 5.41) is 4.35. The van der Waals surface area contributed by atoms with Crippen molar-refractivity contribution in [3.05, 3.63) is 130 Å². The lowest BCUT2D eigenvalue weighted by molar-refractivity contribution is 0.0991. The lowest BCUT2D eigenvalue weighted by atomic mass is 10.0. The number of rotatable bonds is 8. The average Bonchev–Trinajstić information content (AvgIpc) is 3.53. The van der Waals surface area contributed by atoms with Gasteiger partial charge in [0.15, 0.2) is 23.1 Å². The molecule has 3 heterocycles. The first-order valence-electron chi connectivity index (χ1n) is 13.3. The minimum absolute atomic E-state index is 0.00325. The summed E-state index contributed by atoms with van der Waals surface area (Å²) < 4.78 is 31.4. The number of hydrogen-bond donors (Lipinski definition) is 0. The van der Waals surface area contributed by atoms with E-state index in [1.54, 1.807) is 60.7 Å². The number of aromatic nitrogens is 4. The molecule has 3 aromatic heterocycles. The monoisotopic (exact) mass is 562 g/mol. The first-order valence-corrected chi connectivity index (χ1v) is 13.3. The van der Waals surface area contributed by atoms with E-state index in [0.29, 0.717) is 28.2 Å². The van der Waals surface area contributed by atoms with Crippen molar-refractivity contribution in [2.45, 2.75) is 13.3 Å². The Bertz CT molecular complexity index is 1990. The maximum Gasteiger partial charge on any atom is 0.282 e. The van der Waals surface area contributed by atoms with Crippen molar-refractivity contribution in [1.82, 2.24) is 19.0 Å². The van der Waals surface area contributed by atoms with Gasteiger partial charge in [0, 0.05) is 37.0 Å². The molecule has 0 radical (unpaired) electrons. The first-order chi connectivity index (χ1) is 20.4. The van der Waals surface area contributed by atoms with E-state index in [4.69, 9.17) is 9.47 Å². The zero-order valence-electron chi connectivity index (χ0n) is 23.2. The number of carbonyl (C=O) groups excluding carboxylic acids is 1. The Morgan fingerprint density at radius 1 is 0.952 bits per heavy atom. The quantitative estimate of drug-likeness (QED) is 0.208. The summed E-state index contributed by atoms with van der Waals surface area (Å²) in [5.74, 6) is 0.151. The predicted octanol–water partition coefficient (Wildman–Crippen LogP) is 6.16. The number of benzene rings is 3. The second kappa shape index (κ2) is 10.9. The first kappa shape index (κ1) is 26.8. The molecular weight excluding hydrogens is 535 g/mol. The van der Waals surface area contributed by atoms with Crippen molar-refractivity contribution in [2.24, 2.45) is 7.05 Å². The molecule has 0 fully saturated rings. The Morgan fingerprint density at radius 2 is 1.71 bits per heavy atom. The second-order valence-corrected chi connectivity index (χ2v) is 9.85. The van der Waals surface area contributed by atoms with E-state index >= 15 is 4.39 Å². The fourth-order valence-electron chi connectivity index (χ4n) is 5.12. The molecule has 0 bridgehead atoms. The number of para-hydroxylation sites is 1. The van der Waals surface area contributed by atoms with Crippen LogP contribution in [-0.4, -0.2) is 31.9 Å².